The molecule has 1 aliphatic rings. The summed E-state index contributed by atoms with van der Waals surface area (Å²) in [5.41, 5.74) is 5.62. The van der Waals surface area contributed by atoms with Gasteiger partial charge in [0.2, 0.25) is 0 Å². The Morgan fingerprint density at radius 1 is 1.17 bits per heavy atom. The van der Waals surface area contributed by atoms with Gasteiger partial charge in [-0.05, 0) is 67.3 Å². The van der Waals surface area contributed by atoms with Gasteiger partial charge in [0.1, 0.15) is 5.52 Å². The Morgan fingerprint density at radius 3 is 2.83 bits per heavy atom. The monoisotopic (exact) mass is 426 g/mol. The minimum atomic E-state index is 0.399. The fourth-order valence-electron chi connectivity index (χ4n) is 3.88. The van der Waals surface area contributed by atoms with Crippen LogP contribution in [0.4, 0.5) is 0 Å². The van der Waals surface area contributed by atoms with Crippen LogP contribution in [0.1, 0.15) is 25.3 Å². The Morgan fingerprint density at radius 2 is 2.00 bits per heavy atom. The maximum absolute atomic E-state index is 6.34. The number of rotatable bonds is 6. The molecule has 0 radical (unpaired) electrons. The van der Waals surface area contributed by atoms with E-state index in [9.17, 15) is 0 Å². The fourth-order valence-corrected chi connectivity index (χ4v) is 4.35. The largest absolute Gasteiger partial charge is 0.301 e. The molecule has 2 aromatic carbocycles. The van der Waals surface area contributed by atoms with E-state index in [4.69, 9.17) is 23.2 Å². The zero-order valence-electron chi connectivity index (χ0n) is 16.6. The lowest BCUT2D eigenvalue weighted by Crippen LogP contribution is -2.25. The summed E-state index contributed by atoms with van der Waals surface area (Å²) in [6, 6.07) is 13.8. The van der Waals surface area contributed by atoms with E-state index in [1.165, 1.54) is 11.3 Å². The third-order valence-corrected chi connectivity index (χ3v) is 5.93. The van der Waals surface area contributed by atoms with E-state index in [0.717, 1.165) is 42.5 Å². The van der Waals surface area contributed by atoms with Crippen LogP contribution < -0.4 is 0 Å². The first-order valence-electron chi connectivity index (χ1n) is 9.85. The molecule has 0 saturated carbocycles. The highest BCUT2D eigenvalue weighted by Gasteiger charge is 2.17. The summed E-state index contributed by atoms with van der Waals surface area (Å²) >= 11 is 12.3. The maximum atomic E-state index is 6.34. The molecule has 0 saturated heterocycles. The second-order valence-corrected chi connectivity index (χ2v) is 8.55. The molecule has 0 spiro atoms. The van der Waals surface area contributed by atoms with E-state index in [-0.39, 0.29) is 0 Å². The summed E-state index contributed by atoms with van der Waals surface area (Å²) < 4.78 is 1.98. The van der Waals surface area contributed by atoms with E-state index in [1.807, 2.05) is 35.0 Å². The highest BCUT2D eigenvalue weighted by molar-refractivity contribution is 6.35. The molecule has 4 nitrogen and oxygen atoms in total. The van der Waals surface area contributed by atoms with Crippen molar-refractivity contribution in [3.05, 3.63) is 75.8 Å². The molecule has 0 amide bonds. The summed E-state index contributed by atoms with van der Waals surface area (Å²) in [5, 5.41) is 10.1. The summed E-state index contributed by atoms with van der Waals surface area (Å²) in [7, 11) is 2.13. The number of nitrogens with zero attached hydrogens (tertiary/aromatic N) is 4. The normalized spacial score (nSPS) is 15.5. The summed E-state index contributed by atoms with van der Waals surface area (Å²) in [6.45, 7) is 4.00. The van der Waals surface area contributed by atoms with E-state index in [0.29, 0.717) is 16.0 Å². The lowest BCUT2D eigenvalue weighted by atomic mass is 9.93. The van der Waals surface area contributed by atoms with Gasteiger partial charge in [0.05, 0.1) is 5.52 Å². The third kappa shape index (κ3) is 4.55. The Kier molecular flexibility index (Phi) is 6.04. The summed E-state index contributed by atoms with van der Waals surface area (Å²) in [4.78, 5) is 2.30. The third-order valence-electron chi connectivity index (χ3n) is 5.35. The van der Waals surface area contributed by atoms with Crippen molar-refractivity contribution in [1.82, 2.24) is 19.9 Å². The van der Waals surface area contributed by atoms with Gasteiger partial charge >= 0.3 is 0 Å². The number of hydrogen-bond acceptors (Lipinski definition) is 3. The van der Waals surface area contributed by atoms with Crippen molar-refractivity contribution in [1.29, 1.82) is 0 Å². The van der Waals surface area contributed by atoms with Crippen LogP contribution in [0.2, 0.25) is 10.0 Å². The highest BCUT2D eigenvalue weighted by atomic mass is 35.5. The smallest absolute Gasteiger partial charge is 0.113 e. The van der Waals surface area contributed by atoms with Crippen LogP contribution in [0.5, 0.6) is 0 Å². The molecule has 1 unspecified atom stereocenters. The summed E-state index contributed by atoms with van der Waals surface area (Å²) in [6.07, 6.45) is 6.61. The molecule has 3 aromatic rings. The Bertz CT molecular complexity index is 1080. The Labute approximate surface area is 181 Å². The van der Waals surface area contributed by atoms with Gasteiger partial charge in [-0.15, -0.1) is 5.10 Å². The van der Waals surface area contributed by atoms with Gasteiger partial charge < -0.3 is 4.90 Å². The first kappa shape index (κ1) is 20.1. The molecule has 0 N–H and O–H groups in total. The molecular formula is C23H24Cl2N4. The van der Waals surface area contributed by atoms with Crippen LogP contribution >= 0.6 is 23.2 Å². The van der Waals surface area contributed by atoms with Crippen LogP contribution in [0.3, 0.4) is 0 Å². The molecule has 0 fully saturated rings. The number of allylic oxidation sites excluding steroid dienone is 3. The van der Waals surface area contributed by atoms with Crippen molar-refractivity contribution in [3.63, 3.8) is 0 Å². The Balaban J connectivity index is 1.47. The van der Waals surface area contributed by atoms with Gasteiger partial charge in [-0.25, -0.2) is 4.68 Å². The molecule has 0 bridgehead atoms. The van der Waals surface area contributed by atoms with Crippen LogP contribution in [-0.4, -0.2) is 33.5 Å². The van der Waals surface area contributed by atoms with Crippen molar-refractivity contribution >= 4 is 39.9 Å². The summed E-state index contributed by atoms with van der Waals surface area (Å²) in [5.74, 6) is 0.399. The second kappa shape index (κ2) is 8.70. The van der Waals surface area contributed by atoms with Crippen LogP contribution in [0, 0.1) is 5.92 Å². The van der Waals surface area contributed by atoms with Crippen LogP contribution in [0.25, 0.3) is 16.7 Å². The predicted molar refractivity (Wildman–Crippen MR) is 121 cm³/mol. The van der Waals surface area contributed by atoms with E-state index in [1.54, 1.807) is 6.07 Å². The molecule has 1 atom stereocenters. The van der Waals surface area contributed by atoms with Crippen molar-refractivity contribution in [2.45, 2.75) is 26.3 Å². The van der Waals surface area contributed by atoms with Gasteiger partial charge in [0, 0.05) is 28.8 Å². The number of fused-ring (bicyclic) bond motifs is 1. The van der Waals surface area contributed by atoms with Gasteiger partial charge in [-0.3, -0.25) is 0 Å². The van der Waals surface area contributed by atoms with E-state index in [2.05, 4.69) is 47.4 Å². The standard InChI is InChI=1S/C23H24Cl2N4/c1-16(14-28(2)15-18-10-11-19(24)13-21(18)25)17-6-5-7-20(12-17)29-23-9-4-3-8-22(23)26-27-29/h3-4,6,8-13,16H,5,7,14-15H2,1-2H3. The number of benzene rings is 2. The molecule has 150 valence electrons. The molecule has 0 aliphatic heterocycles. The van der Waals surface area contributed by atoms with Crippen LogP contribution in [-0.2, 0) is 6.54 Å². The lowest BCUT2D eigenvalue weighted by molar-refractivity contribution is 0.296. The van der Waals surface area contributed by atoms with Crippen molar-refractivity contribution in [2.75, 3.05) is 13.6 Å². The molecule has 6 heteroatoms. The highest BCUT2D eigenvalue weighted by Crippen LogP contribution is 2.28. The molecule has 1 aliphatic carbocycles. The minimum absolute atomic E-state index is 0.399. The van der Waals surface area contributed by atoms with Gasteiger partial charge in [0.25, 0.3) is 0 Å². The Hall–Kier alpha value is -2.14. The van der Waals surface area contributed by atoms with Gasteiger partial charge in [0.15, 0.2) is 0 Å². The van der Waals surface area contributed by atoms with Crippen molar-refractivity contribution in [2.24, 2.45) is 5.92 Å². The van der Waals surface area contributed by atoms with Gasteiger partial charge in [-0.2, -0.15) is 0 Å². The van der Waals surface area contributed by atoms with E-state index >= 15 is 0 Å². The lowest BCUT2D eigenvalue weighted by Gasteiger charge is -2.25. The zero-order chi connectivity index (χ0) is 20.4. The molecule has 1 aromatic heterocycles. The number of hydrogen-bond donors (Lipinski definition) is 0. The predicted octanol–water partition coefficient (Wildman–Crippen LogP) is 6.07. The average Bonchev–Trinajstić information content (AvgIpc) is 3.14. The molecular weight excluding hydrogens is 403 g/mol. The quantitative estimate of drug-likeness (QED) is 0.479. The topological polar surface area (TPSA) is 34.0 Å². The molecule has 1 heterocycles. The zero-order valence-corrected chi connectivity index (χ0v) is 18.2. The number of aromatic nitrogens is 3. The van der Waals surface area contributed by atoms with Crippen LogP contribution in [0.15, 0.2) is 60.2 Å². The average molecular weight is 427 g/mol. The first-order valence-corrected chi connectivity index (χ1v) is 10.6. The fraction of sp³-hybridized carbons (Fsp3) is 0.304. The van der Waals surface area contributed by atoms with Crippen molar-refractivity contribution < 1.29 is 0 Å². The van der Waals surface area contributed by atoms with Crippen molar-refractivity contribution in [3.8, 4) is 0 Å². The number of halogens is 2. The maximum Gasteiger partial charge on any atom is 0.113 e. The second-order valence-electron chi connectivity index (χ2n) is 7.70. The SMILES string of the molecule is CC(CN(C)Cc1ccc(Cl)cc1Cl)C1=CCCC(n2nnc3ccccc32)=C1. The minimum Gasteiger partial charge on any atom is -0.301 e. The van der Waals surface area contributed by atoms with Gasteiger partial charge in [-0.1, -0.05) is 59.6 Å². The molecule has 29 heavy (non-hydrogen) atoms. The number of para-hydroxylation sites is 1. The molecule has 4 rings (SSSR count). The van der Waals surface area contributed by atoms with E-state index < -0.39 is 0 Å². The first-order chi connectivity index (χ1) is 14.0.